The number of carbonyl (C=O) groups excluding carboxylic acids is 1. The second-order valence-electron chi connectivity index (χ2n) is 4.54. The van der Waals surface area contributed by atoms with Crippen LogP contribution < -0.4 is 4.90 Å². The van der Waals surface area contributed by atoms with Gasteiger partial charge in [0.1, 0.15) is 0 Å². The summed E-state index contributed by atoms with van der Waals surface area (Å²) in [5.74, 6) is -1.29. The smallest absolute Gasteiger partial charge is 0.335 e. The first-order valence-corrected chi connectivity index (χ1v) is 9.21. The zero-order valence-corrected chi connectivity index (χ0v) is 15.4. The number of hydrogen-bond donors (Lipinski definition) is 1. The van der Waals surface area contributed by atoms with Crippen molar-refractivity contribution in [1.82, 2.24) is 0 Å². The fourth-order valence-corrected chi connectivity index (χ4v) is 4.74. The highest BCUT2D eigenvalue weighted by molar-refractivity contribution is 9.10. The monoisotopic (exact) mass is 425 g/mol. The zero-order chi connectivity index (χ0) is 16.6. The van der Waals surface area contributed by atoms with Gasteiger partial charge in [0, 0.05) is 14.7 Å². The molecule has 2 heterocycles. The van der Waals surface area contributed by atoms with Gasteiger partial charge >= 0.3 is 5.97 Å². The first-order valence-electron chi connectivity index (χ1n) is 6.31. The summed E-state index contributed by atoms with van der Waals surface area (Å²) < 4.78 is 1.35. The summed E-state index contributed by atoms with van der Waals surface area (Å²) in [7, 11) is 0. The average Bonchev–Trinajstić information content (AvgIpc) is 3.03. The number of nitrogens with zero attached hydrogens (tertiary/aromatic N) is 1. The van der Waals surface area contributed by atoms with Crippen molar-refractivity contribution in [3.63, 3.8) is 0 Å². The number of amides is 1. The molecule has 4 nitrogen and oxygen atoms in total. The van der Waals surface area contributed by atoms with Crippen LogP contribution in [0.1, 0.15) is 15.2 Å². The van der Waals surface area contributed by atoms with E-state index in [-0.39, 0.29) is 11.5 Å². The molecule has 0 atom stereocenters. The number of carboxylic acids is 1. The standard InChI is InChI=1S/C15H8BrNO3S3/c16-9-5-11(22-7-9)6-12-13(18)17(15(21)23-12)10-3-1-2-8(4-10)14(19)20/h1-7H,(H,19,20)/b12-6+. The van der Waals surface area contributed by atoms with Gasteiger partial charge in [-0.15, -0.1) is 11.3 Å². The third-order valence-electron chi connectivity index (χ3n) is 3.01. The van der Waals surface area contributed by atoms with Crippen molar-refractivity contribution in [2.45, 2.75) is 0 Å². The van der Waals surface area contributed by atoms with Gasteiger partial charge in [-0.2, -0.15) is 0 Å². The molecule has 1 fully saturated rings. The lowest BCUT2D eigenvalue weighted by molar-refractivity contribution is -0.113. The number of carboxylic acid groups (broad SMARTS) is 1. The van der Waals surface area contributed by atoms with E-state index in [0.29, 0.717) is 14.9 Å². The van der Waals surface area contributed by atoms with Crippen LogP contribution in [0.3, 0.4) is 0 Å². The van der Waals surface area contributed by atoms with Crippen LogP contribution in [0.5, 0.6) is 0 Å². The van der Waals surface area contributed by atoms with Gasteiger partial charge in [0.15, 0.2) is 4.32 Å². The molecule has 0 aliphatic carbocycles. The number of halogens is 1. The van der Waals surface area contributed by atoms with E-state index in [0.717, 1.165) is 9.35 Å². The van der Waals surface area contributed by atoms with Gasteiger partial charge in [0.2, 0.25) is 0 Å². The van der Waals surface area contributed by atoms with Crippen LogP contribution in [0.4, 0.5) is 5.69 Å². The molecule has 1 amide bonds. The number of anilines is 1. The summed E-state index contributed by atoms with van der Waals surface area (Å²) in [6.07, 6.45) is 1.79. The number of carbonyl (C=O) groups is 2. The molecule has 1 N–H and O–H groups in total. The fraction of sp³-hybridized carbons (Fsp3) is 0. The van der Waals surface area contributed by atoms with E-state index in [1.165, 1.54) is 40.1 Å². The van der Waals surface area contributed by atoms with Crippen molar-refractivity contribution in [3.8, 4) is 0 Å². The van der Waals surface area contributed by atoms with Crippen molar-refractivity contribution >= 4 is 79.2 Å². The lowest BCUT2D eigenvalue weighted by atomic mass is 10.2. The highest BCUT2D eigenvalue weighted by Gasteiger charge is 2.33. The van der Waals surface area contributed by atoms with E-state index >= 15 is 0 Å². The molecule has 8 heteroatoms. The third-order valence-corrected chi connectivity index (χ3v) is 5.95. The Bertz CT molecular complexity index is 859. The molecule has 0 saturated carbocycles. The molecular formula is C15H8BrNO3S3. The topological polar surface area (TPSA) is 57.6 Å². The van der Waals surface area contributed by atoms with Crippen LogP contribution in [0, 0.1) is 0 Å². The molecule has 0 unspecified atom stereocenters. The minimum Gasteiger partial charge on any atom is -0.478 e. The maximum Gasteiger partial charge on any atom is 0.335 e. The van der Waals surface area contributed by atoms with E-state index in [4.69, 9.17) is 17.3 Å². The first-order chi connectivity index (χ1) is 11.0. The van der Waals surface area contributed by atoms with Crippen molar-refractivity contribution in [2.75, 3.05) is 4.90 Å². The van der Waals surface area contributed by atoms with Gasteiger partial charge in [-0.3, -0.25) is 9.69 Å². The van der Waals surface area contributed by atoms with Crippen LogP contribution in [0.25, 0.3) is 6.08 Å². The summed E-state index contributed by atoms with van der Waals surface area (Å²) in [5, 5.41) is 11.0. The molecule has 0 radical (unpaired) electrons. The van der Waals surface area contributed by atoms with Gasteiger partial charge in [-0.05, 0) is 46.3 Å². The molecular weight excluding hydrogens is 418 g/mol. The number of benzene rings is 1. The minimum atomic E-state index is -1.05. The summed E-state index contributed by atoms with van der Waals surface area (Å²) in [6, 6.07) is 8.10. The molecule has 1 saturated heterocycles. The Balaban J connectivity index is 1.94. The Morgan fingerprint density at radius 2 is 2.13 bits per heavy atom. The van der Waals surface area contributed by atoms with E-state index in [1.807, 2.05) is 11.4 Å². The van der Waals surface area contributed by atoms with Crippen molar-refractivity contribution in [1.29, 1.82) is 0 Å². The first kappa shape index (κ1) is 16.4. The summed E-state index contributed by atoms with van der Waals surface area (Å²) in [6.45, 7) is 0. The molecule has 23 heavy (non-hydrogen) atoms. The van der Waals surface area contributed by atoms with Crippen molar-refractivity contribution in [2.24, 2.45) is 0 Å². The van der Waals surface area contributed by atoms with Gasteiger partial charge < -0.3 is 5.11 Å². The van der Waals surface area contributed by atoms with Gasteiger partial charge in [-0.1, -0.05) is 30.0 Å². The molecule has 1 aromatic carbocycles. The van der Waals surface area contributed by atoms with E-state index < -0.39 is 5.97 Å². The normalized spacial score (nSPS) is 16.4. The molecule has 0 spiro atoms. The van der Waals surface area contributed by atoms with Gasteiger partial charge in [0.05, 0.1) is 16.2 Å². The van der Waals surface area contributed by atoms with Crippen LogP contribution in [-0.4, -0.2) is 21.3 Å². The molecule has 1 aliphatic rings. The quantitative estimate of drug-likeness (QED) is 0.574. The minimum absolute atomic E-state index is 0.114. The van der Waals surface area contributed by atoms with Crippen LogP contribution in [-0.2, 0) is 4.79 Å². The Hall–Kier alpha value is -1.48. The van der Waals surface area contributed by atoms with E-state index in [1.54, 1.807) is 18.2 Å². The van der Waals surface area contributed by atoms with Gasteiger partial charge in [0.25, 0.3) is 5.91 Å². The maximum absolute atomic E-state index is 12.6. The van der Waals surface area contributed by atoms with E-state index in [9.17, 15) is 9.59 Å². The summed E-state index contributed by atoms with van der Waals surface area (Å²) in [5.41, 5.74) is 0.575. The highest BCUT2D eigenvalue weighted by atomic mass is 79.9. The number of rotatable bonds is 3. The SMILES string of the molecule is O=C(O)c1cccc(N2C(=O)/C(=C\c3cc(Br)cs3)SC2=S)c1. The Morgan fingerprint density at radius 1 is 1.35 bits per heavy atom. The highest BCUT2D eigenvalue weighted by Crippen LogP contribution is 2.37. The second-order valence-corrected chi connectivity index (χ2v) is 8.07. The lowest BCUT2D eigenvalue weighted by Crippen LogP contribution is -2.27. The fourth-order valence-electron chi connectivity index (χ4n) is 2.00. The second kappa shape index (κ2) is 6.56. The molecule has 2 aromatic rings. The van der Waals surface area contributed by atoms with Crippen LogP contribution in [0.2, 0.25) is 0 Å². The van der Waals surface area contributed by atoms with Crippen LogP contribution >= 0.6 is 51.2 Å². The zero-order valence-electron chi connectivity index (χ0n) is 11.4. The predicted molar refractivity (Wildman–Crippen MR) is 101 cm³/mol. The predicted octanol–water partition coefficient (Wildman–Crippen LogP) is 4.61. The number of thiocarbonyl (C=S) groups is 1. The summed E-state index contributed by atoms with van der Waals surface area (Å²) in [4.78, 5) is 26.5. The average molecular weight is 426 g/mol. The van der Waals surface area contributed by atoms with Crippen molar-refractivity contribution in [3.05, 3.63) is 55.5 Å². The van der Waals surface area contributed by atoms with Gasteiger partial charge in [-0.25, -0.2) is 4.79 Å². The largest absolute Gasteiger partial charge is 0.478 e. The maximum atomic E-state index is 12.6. The Morgan fingerprint density at radius 3 is 2.78 bits per heavy atom. The number of thioether (sulfide) groups is 1. The van der Waals surface area contributed by atoms with E-state index in [2.05, 4.69) is 15.9 Å². The van der Waals surface area contributed by atoms with Crippen molar-refractivity contribution < 1.29 is 14.7 Å². The molecule has 1 aromatic heterocycles. The number of hydrogen-bond acceptors (Lipinski definition) is 5. The third kappa shape index (κ3) is 3.40. The molecule has 1 aliphatic heterocycles. The Kier molecular flexibility index (Phi) is 4.67. The lowest BCUT2D eigenvalue weighted by Gasteiger charge is -2.14. The number of aromatic carboxylic acids is 1. The molecule has 3 rings (SSSR count). The number of thiophene rings is 1. The molecule has 0 bridgehead atoms. The van der Waals surface area contributed by atoms with Crippen LogP contribution in [0.15, 0.2) is 45.1 Å². The molecule has 116 valence electrons. The Labute approximate surface area is 153 Å². The summed E-state index contributed by atoms with van der Waals surface area (Å²) >= 11 is 11.4.